The third-order valence-electron chi connectivity index (χ3n) is 3.38. The quantitative estimate of drug-likeness (QED) is 0.664. The van der Waals surface area contributed by atoms with E-state index in [1.807, 2.05) is 24.3 Å². The van der Waals surface area contributed by atoms with Crippen molar-refractivity contribution in [3.8, 4) is 0 Å². The van der Waals surface area contributed by atoms with Gasteiger partial charge in [0.1, 0.15) is 11.5 Å². The Bertz CT molecular complexity index is 915. The normalized spacial score (nSPS) is 12.1. The number of esters is 1. The molecule has 1 amide bonds. The van der Waals surface area contributed by atoms with Gasteiger partial charge in [-0.25, -0.2) is 4.79 Å². The van der Waals surface area contributed by atoms with Crippen LogP contribution in [0.15, 0.2) is 39.3 Å². The molecule has 2 N–H and O–H groups in total. The Balaban J connectivity index is 1.71. The smallest absolute Gasteiger partial charge is 0.356 e. The third kappa shape index (κ3) is 3.18. The number of hydrogen-bond acceptors (Lipinski definition) is 5. The number of aromatic amines is 1. The lowest BCUT2D eigenvalue weighted by atomic mass is 10.2. The molecule has 8 heteroatoms. The predicted octanol–water partition coefficient (Wildman–Crippen LogP) is 3.41. The van der Waals surface area contributed by atoms with Crippen molar-refractivity contribution in [1.82, 2.24) is 10.1 Å². The number of fused-ring (bicyclic) bond motifs is 1. The molecule has 0 bridgehead atoms. The highest BCUT2D eigenvalue weighted by atomic mass is 79.9. The van der Waals surface area contributed by atoms with Gasteiger partial charge in [0.2, 0.25) is 0 Å². The Hall–Kier alpha value is -2.61. The molecule has 1 atom stereocenters. The number of aromatic nitrogens is 2. The summed E-state index contributed by atoms with van der Waals surface area (Å²) in [6.45, 7) is 3.19. The number of para-hydroxylation sites is 1. The highest BCUT2D eigenvalue weighted by molar-refractivity contribution is 9.10. The number of H-pyrrole nitrogens is 1. The molecule has 0 fully saturated rings. The maximum atomic E-state index is 12.3. The van der Waals surface area contributed by atoms with Gasteiger partial charge in [-0.05, 0) is 35.8 Å². The van der Waals surface area contributed by atoms with Crippen LogP contribution >= 0.6 is 15.9 Å². The van der Waals surface area contributed by atoms with Gasteiger partial charge in [-0.3, -0.25) is 4.79 Å². The Morgan fingerprint density at radius 2 is 2.12 bits per heavy atom. The number of nitrogens with zero attached hydrogens (tertiary/aromatic N) is 1. The number of aryl methyl sites for hydroxylation is 1. The fourth-order valence-electron chi connectivity index (χ4n) is 2.17. The van der Waals surface area contributed by atoms with E-state index in [4.69, 9.17) is 9.26 Å². The van der Waals surface area contributed by atoms with E-state index in [0.717, 1.165) is 10.9 Å². The zero-order valence-electron chi connectivity index (χ0n) is 12.9. The molecule has 2 aromatic heterocycles. The van der Waals surface area contributed by atoms with E-state index in [1.54, 1.807) is 13.0 Å². The summed E-state index contributed by atoms with van der Waals surface area (Å²) in [5.74, 6) is -0.287. The van der Waals surface area contributed by atoms with Crippen LogP contribution in [-0.4, -0.2) is 28.1 Å². The van der Waals surface area contributed by atoms with Gasteiger partial charge < -0.3 is 19.6 Å². The summed E-state index contributed by atoms with van der Waals surface area (Å²) < 4.78 is 10.7. The Morgan fingerprint density at radius 1 is 1.38 bits per heavy atom. The summed E-state index contributed by atoms with van der Waals surface area (Å²) in [6.07, 6.45) is -0.993. The lowest BCUT2D eigenvalue weighted by Gasteiger charge is -2.11. The molecule has 7 nitrogen and oxygen atoms in total. The second kappa shape index (κ2) is 6.48. The van der Waals surface area contributed by atoms with Crippen molar-refractivity contribution in [1.29, 1.82) is 0 Å². The van der Waals surface area contributed by atoms with Crippen LogP contribution in [-0.2, 0) is 9.53 Å². The minimum atomic E-state index is -0.993. The second-order valence-corrected chi connectivity index (χ2v) is 6.01. The first-order chi connectivity index (χ1) is 11.5. The maximum Gasteiger partial charge on any atom is 0.356 e. The van der Waals surface area contributed by atoms with E-state index < -0.39 is 18.0 Å². The highest BCUT2D eigenvalue weighted by Gasteiger charge is 2.23. The first kappa shape index (κ1) is 16.3. The Morgan fingerprint density at radius 3 is 2.79 bits per heavy atom. The van der Waals surface area contributed by atoms with Crippen molar-refractivity contribution >= 4 is 44.5 Å². The van der Waals surface area contributed by atoms with Crippen LogP contribution in [0.3, 0.4) is 0 Å². The fraction of sp³-hybridized carbons (Fsp3) is 0.188. The SMILES string of the molecule is Cc1cc(NC(=O)C(C)OC(=O)c2[nH]c3ccccc3c2Br)no1. The molecule has 3 aromatic rings. The molecule has 124 valence electrons. The van der Waals surface area contributed by atoms with Crippen LogP contribution < -0.4 is 5.32 Å². The van der Waals surface area contributed by atoms with E-state index in [2.05, 4.69) is 31.4 Å². The molecular formula is C16H14BrN3O4. The minimum absolute atomic E-state index is 0.258. The summed E-state index contributed by atoms with van der Waals surface area (Å²) in [5.41, 5.74) is 1.06. The molecule has 0 saturated carbocycles. The second-order valence-electron chi connectivity index (χ2n) is 5.22. The summed E-state index contributed by atoms with van der Waals surface area (Å²) in [4.78, 5) is 27.3. The number of anilines is 1. The number of rotatable bonds is 4. The number of carbonyl (C=O) groups is 2. The van der Waals surface area contributed by atoms with E-state index in [-0.39, 0.29) is 11.5 Å². The summed E-state index contributed by atoms with van der Waals surface area (Å²) in [7, 11) is 0. The highest BCUT2D eigenvalue weighted by Crippen LogP contribution is 2.28. The summed E-state index contributed by atoms with van der Waals surface area (Å²) in [5, 5.41) is 7.04. The maximum absolute atomic E-state index is 12.3. The molecular weight excluding hydrogens is 378 g/mol. The van der Waals surface area contributed by atoms with Crippen molar-refractivity contribution in [3.05, 3.63) is 46.3 Å². The fourth-order valence-corrected chi connectivity index (χ4v) is 2.78. The van der Waals surface area contributed by atoms with E-state index in [9.17, 15) is 9.59 Å². The third-order valence-corrected chi connectivity index (χ3v) is 4.20. The monoisotopic (exact) mass is 391 g/mol. The first-order valence-corrected chi connectivity index (χ1v) is 7.96. The van der Waals surface area contributed by atoms with Gasteiger partial charge in [0.25, 0.3) is 5.91 Å². The van der Waals surface area contributed by atoms with E-state index >= 15 is 0 Å². The largest absolute Gasteiger partial charge is 0.448 e. The average Bonchev–Trinajstić information content (AvgIpc) is 3.11. The molecule has 1 aromatic carbocycles. The lowest BCUT2D eigenvalue weighted by Crippen LogP contribution is -2.30. The topological polar surface area (TPSA) is 97.2 Å². The minimum Gasteiger partial charge on any atom is -0.448 e. The van der Waals surface area contributed by atoms with Crippen molar-refractivity contribution in [3.63, 3.8) is 0 Å². The van der Waals surface area contributed by atoms with Gasteiger partial charge in [0.15, 0.2) is 11.9 Å². The lowest BCUT2D eigenvalue weighted by molar-refractivity contribution is -0.123. The van der Waals surface area contributed by atoms with Crippen molar-refractivity contribution < 1.29 is 18.8 Å². The molecule has 0 aliphatic rings. The van der Waals surface area contributed by atoms with Crippen molar-refractivity contribution in [2.24, 2.45) is 0 Å². The summed E-state index contributed by atoms with van der Waals surface area (Å²) >= 11 is 3.38. The van der Waals surface area contributed by atoms with Crippen molar-refractivity contribution in [2.45, 2.75) is 20.0 Å². The number of nitrogens with one attached hydrogen (secondary N) is 2. The van der Waals surface area contributed by atoms with Gasteiger partial charge in [0, 0.05) is 17.0 Å². The molecule has 0 spiro atoms. The number of ether oxygens (including phenoxy) is 1. The van der Waals surface area contributed by atoms with Crippen LogP contribution in [0.2, 0.25) is 0 Å². The molecule has 0 aliphatic heterocycles. The van der Waals surface area contributed by atoms with Gasteiger partial charge in [-0.1, -0.05) is 23.4 Å². The number of benzene rings is 1. The van der Waals surface area contributed by atoms with Gasteiger partial charge >= 0.3 is 5.97 Å². The van der Waals surface area contributed by atoms with Crippen molar-refractivity contribution in [2.75, 3.05) is 5.32 Å². The van der Waals surface area contributed by atoms with Crippen LogP contribution in [0, 0.1) is 6.92 Å². The zero-order chi connectivity index (χ0) is 17.3. The van der Waals surface area contributed by atoms with E-state index in [0.29, 0.717) is 10.2 Å². The van der Waals surface area contributed by atoms with Gasteiger partial charge in [-0.2, -0.15) is 0 Å². The van der Waals surface area contributed by atoms with Gasteiger partial charge in [-0.15, -0.1) is 0 Å². The standard InChI is InChI=1S/C16H14BrN3O4/c1-8-7-12(20-24-8)19-15(21)9(2)23-16(22)14-13(17)10-5-3-4-6-11(10)18-14/h3-7,9,18H,1-2H3,(H,19,20,21). The van der Waals surface area contributed by atoms with Crippen LogP contribution in [0.5, 0.6) is 0 Å². The molecule has 3 rings (SSSR count). The average molecular weight is 392 g/mol. The van der Waals surface area contributed by atoms with Crippen LogP contribution in [0.25, 0.3) is 10.9 Å². The number of halogens is 1. The molecule has 2 heterocycles. The predicted molar refractivity (Wildman–Crippen MR) is 90.7 cm³/mol. The Kier molecular flexibility index (Phi) is 4.39. The zero-order valence-corrected chi connectivity index (χ0v) is 14.5. The first-order valence-electron chi connectivity index (χ1n) is 7.17. The molecule has 0 radical (unpaired) electrons. The van der Waals surface area contributed by atoms with Crippen LogP contribution in [0.4, 0.5) is 5.82 Å². The molecule has 1 unspecified atom stereocenters. The number of carbonyl (C=O) groups excluding carboxylic acids is 2. The molecule has 0 aliphatic carbocycles. The molecule has 0 saturated heterocycles. The summed E-state index contributed by atoms with van der Waals surface area (Å²) in [6, 6.07) is 9.01. The van der Waals surface area contributed by atoms with Gasteiger partial charge in [0.05, 0.1) is 4.47 Å². The van der Waals surface area contributed by atoms with Crippen LogP contribution in [0.1, 0.15) is 23.2 Å². The van der Waals surface area contributed by atoms with E-state index in [1.165, 1.54) is 6.92 Å². The molecule has 24 heavy (non-hydrogen) atoms. The Labute approximate surface area is 145 Å². The number of hydrogen-bond donors (Lipinski definition) is 2. The number of amides is 1.